The van der Waals surface area contributed by atoms with Crippen LogP contribution in [0.5, 0.6) is 5.88 Å². The molecule has 1 fully saturated rings. The number of carbonyl (C=O) groups excluding carboxylic acids is 1. The number of aromatic nitrogens is 1. The molecule has 0 saturated heterocycles. The number of nitrogens with zero attached hydrogens (tertiary/aromatic N) is 1. The molecule has 194 valence electrons. The van der Waals surface area contributed by atoms with Gasteiger partial charge >= 0.3 is 18.2 Å². The molecule has 2 aromatic carbocycles. The Morgan fingerprint density at radius 1 is 1.08 bits per heavy atom. The van der Waals surface area contributed by atoms with E-state index in [0.29, 0.717) is 42.2 Å². The first-order valence-corrected chi connectivity index (χ1v) is 11.4. The maximum Gasteiger partial charge on any atom is 0.416 e. The summed E-state index contributed by atoms with van der Waals surface area (Å²) in [6, 6.07) is 8.51. The van der Waals surface area contributed by atoms with Crippen molar-refractivity contribution in [3.63, 3.8) is 0 Å². The summed E-state index contributed by atoms with van der Waals surface area (Å²) in [6.07, 6.45) is -1.23. The Hall–Kier alpha value is -3.86. The van der Waals surface area contributed by atoms with Crippen molar-refractivity contribution >= 4 is 35.0 Å². The normalized spacial score (nSPS) is 14.4. The number of carboxylic acids is 1. The number of aliphatic carboxylic acids is 1. The first kappa shape index (κ1) is 26.2. The summed E-state index contributed by atoms with van der Waals surface area (Å²) in [4.78, 5) is 27.9. The van der Waals surface area contributed by atoms with Gasteiger partial charge in [-0.25, -0.2) is 14.2 Å². The molecule has 0 unspecified atom stereocenters. The van der Waals surface area contributed by atoms with Gasteiger partial charge < -0.3 is 20.5 Å². The molecule has 1 aromatic heterocycles. The first-order valence-electron chi connectivity index (χ1n) is 11.0. The summed E-state index contributed by atoms with van der Waals surface area (Å²) < 4.78 is 58.0. The molecule has 0 atom stereocenters. The van der Waals surface area contributed by atoms with Crippen LogP contribution in [0.2, 0.25) is 5.02 Å². The molecule has 1 aliphatic rings. The lowest BCUT2D eigenvalue weighted by molar-refractivity contribution is -0.157. The van der Waals surface area contributed by atoms with Crippen LogP contribution in [0.25, 0.3) is 11.1 Å². The van der Waals surface area contributed by atoms with Gasteiger partial charge in [0.2, 0.25) is 5.88 Å². The summed E-state index contributed by atoms with van der Waals surface area (Å²) in [5, 5.41) is 14.1. The minimum Gasteiger partial charge on any atom is -0.481 e. The first-order chi connectivity index (χ1) is 17.5. The van der Waals surface area contributed by atoms with E-state index in [2.05, 4.69) is 15.6 Å². The van der Waals surface area contributed by atoms with Gasteiger partial charge in [-0.2, -0.15) is 13.2 Å². The van der Waals surface area contributed by atoms with Crippen molar-refractivity contribution < 1.29 is 37.0 Å². The highest BCUT2D eigenvalue weighted by atomic mass is 35.5. The van der Waals surface area contributed by atoms with Crippen molar-refractivity contribution in [1.29, 1.82) is 0 Å². The van der Waals surface area contributed by atoms with Gasteiger partial charge in [-0.3, -0.25) is 4.79 Å². The summed E-state index contributed by atoms with van der Waals surface area (Å²) >= 11 is 6.34. The second kappa shape index (κ2) is 10.3. The topological polar surface area (TPSA) is 101 Å². The Labute approximate surface area is 213 Å². The summed E-state index contributed by atoms with van der Waals surface area (Å²) in [5.74, 6) is -1.64. The van der Waals surface area contributed by atoms with E-state index in [4.69, 9.17) is 16.3 Å². The molecule has 4 rings (SSSR count). The zero-order chi connectivity index (χ0) is 26.8. The summed E-state index contributed by atoms with van der Waals surface area (Å²) in [7, 11) is 0. The number of urea groups is 1. The second-order valence-electron chi connectivity index (χ2n) is 8.58. The molecule has 7 nitrogen and oxygen atoms in total. The average Bonchev–Trinajstić information content (AvgIpc) is 2.79. The van der Waals surface area contributed by atoms with Crippen molar-refractivity contribution in [3.05, 3.63) is 71.1 Å². The predicted octanol–water partition coefficient (Wildman–Crippen LogP) is 6.84. The van der Waals surface area contributed by atoms with E-state index >= 15 is 0 Å². The van der Waals surface area contributed by atoms with Gasteiger partial charge in [-0.05, 0) is 49.2 Å². The number of carboxylic acid groups (broad SMARTS) is 1. The van der Waals surface area contributed by atoms with E-state index in [-0.39, 0.29) is 23.2 Å². The molecule has 12 heteroatoms. The fraction of sp³-hybridized carbons (Fsp3) is 0.240. The molecule has 37 heavy (non-hydrogen) atoms. The number of amides is 2. The summed E-state index contributed by atoms with van der Waals surface area (Å²) in [5.41, 5.74) is -1.20. The third-order valence-corrected chi connectivity index (χ3v) is 6.39. The molecule has 0 spiro atoms. The van der Waals surface area contributed by atoms with Crippen molar-refractivity contribution in [2.24, 2.45) is 5.41 Å². The molecule has 0 aliphatic heterocycles. The van der Waals surface area contributed by atoms with Gasteiger partial charge in [-0.1, -0.05) is 24.1 Å². The molecule has 1 saturated carbocycles. The fourth-order valence-electron chi connectivity index (χ4n) is 3.77. The third-order valence-electron chi connectivity index (χ3n) is 6.08. The van der Waals surface area contributed by atoms with Crippen LogP contribution < -0.4 is 15.4 Å². The minimum absolute atomic E-state index is 0.0300. The number of halogens is 5. The number of rotatable bonds is 7. The van der Waals surface area contributed by atoms with Gasteiger partial charge in [0.05, 0.1) is 16.3 Å². The standard InChI is InChI=1S/C25H20ClF4N3O4/c26-18-11-16(32-23(36)33-20-10-15(25(28,29)30)3-6-19(20)27)4-5-17(18)14-2-7-21(31-12-14)37-13-24(22(34)35)8-1-9-24/h2-7,10-12H,1,8-9,13H2,(H,34,35)(H2,32,33,36). The van der Waals surface area contributed by atoms with Crippen LogP contribution in [0.1, 0.15) is 24.8 Å². The van der Waals surface area contributed by atoms with Crippen molar-refractivity contribution in [3.8, 4) is 17.0 Å². The number of anilines is 2. The Morgan fingerprint density at radius 3 is 2.41 bits per heavy atom. The van der Waals surface area contributed by atoms with Crippen LogP contribution >= 0.6 is 11.6 Å². The average molecular weight is 538 g/mol. The lowest BCUT2D eigenvalue weighted by atomic mass is 9.69. The van der Waals surface area contributed by atoms with Gasteiger partial charge in [-0.15, -0.1) is 0 Å². The van der Waals surface area contributed by atoms with Crippen LogP contribution in [0, 0.1) is 11.2 Å². The van der Waals surface area contributed by atoms with Gasteiger partial charge in [0.15, 0.2) is 0 Å². The monoisotopic (exact) mass is 537 g/mol. The van der Waals surface area contributed by atoms with Crippen molar-refractivity contribution in [2.45, 2.75) is 25.4 Å². The predicted molar refractivity (Wildman–Crippen MR) is 128 cm³/mol. The lowest BCUT2D eigenvalue weighted by Crippen LogP contribution is -2.43. The van der Waals surface area contributed by atoms with Gasteiger partial charge in [0.1, 0.15) is 17.8 Å². The van der Waals surface area contributed by atoms with Crippen LogP contribution in [-0.4, -0.2) is 28.7 Å². The zero-order valence-electron chi connectivity index (χ0n) is 19.0. The lowest BCUT2D eigenvalue weighted by Gasteiger charge is -2.36. The van der Waals surface area contributed by atoms with Crippen LogP contribution in [0.15, 0.2) is 54.7 Å². The Balaban J connectivity index is 1.39. The number of hydrogen-bond donors (Lipinski definition) is 3. The number of pyridine rings is 1. The van der Waals surface area contributed by atoms with E-state index in [1.54, 1.807) is 18.2 Å². The van der Waals surface area contributed by atoms with E-state index in [9.17, 15) is 32.3 Å². The third kappa shape index (κ3) is 5.93. The molecular weight excluding hydrogens is 518 g/mol. The Morgan fingerprint density at radius 2 is 1.84 bits per heavy atom. The SMILES string of the molecule is O=C(Nc1ccc(-c2ccc(OCC3(C(=O)O)CCC3)nc2)c(Cl)c1)Nc1cc(C(F)(F)F)ccc1F. The highest BCUT2D eigenvalue weighted by molar-refractivity contribution is 6.33. The van der Waals surface area contributed by atoms with E-state index in [1.165, 1.54) is 18.3 Å². The summed E-state index contributed by atoms with van der Waals surface area (Å²) in [6.45, 7) is 0.0300. The van der Waals surface area contributed by atoms with E-state index in [1.807, 2.05) is 0 Å². The number of alkyl halides is 3. The zero-order valence-corrected chi connectivity index (χ0v) is 19.8. The maximum atomic E-state index is 13.9. The highest BCUT2D eigenvalue weighted by Crippen LogP contribution is 2.41. The van der Waals surface area contributed by atoms with Crippen molar-refractivity contribution in [2.75, 3.05) is 17.2 Å². The molecule has 3 N–H and O–H groups in total. The molecule has 0 radical (unpaired) electrons. The molecule has 1 aliphatic carbocycles. The van der Waals surface area contributed by atoms with Crippen molar-refractivity contribution in [1.82, 2.24) is 4.98 Å². The number of hydrogen-bond acceptors (Lipinski definition) is 4. The fourth-order valence-corrected chi connectivity index (χ4v) is 4.06. The Kier molecular flexibility index (Phi) is 7.26. The number of benzene rings is 2. The second-order valence-corrected chi connectivity index (χ2v) is 8.99. The maximum absolute atomic E-state index is 13.9. The molecule has 2 amide bonds. The Bertz CT molecular complexity index is 1330. The van der Waals surface area contributed by atoms with Gasteiger partial charge in [0.25, 0.3) is 0 Å². The molecular formula is C25H20ClF4N3O4. The molecule has 0 bridgehead atoms. The number of nitrogens with one attached hydrogen (secondary N) is 2. The van der Waals surface area contributed by atoms with Crippen LogP contribution in [0.4, 0.5) is 33.7 Å². The highest BCUT2D eigenvalue weighted by Gasteiger charge is 2.45. The van der Waals surface area contributed by atoms with Crippen LogP contribution in [0.3, 0.4) is 0 Å². The number of ether oxygens (including phenoxy) is 1. The quantitative estimate of drug-likeness (QED) is 0.287. The number of carbonyl (C=O) groups is 2. The smallest absolute Gasteiger partial charge is 0.416 e. The van der Waals surface area contributed by atoms with Crippen LogP contribution in [-0.2, 0) is 11.0 Å². The largest absolute Gasteiger partial charge is 0.481 e. The van der Waals surface area contributed by atoms with E-state index < -0.39 is 40.7 Å². The molecule has 1 heterocycles. The van der Waals surface area contributed by atoms with E-state index in [0.717, 1.165) is 6.42 Å². The minimum atomic E-state index is -4.69. The van der Waals surface area contributed by atoms with Gasteiger partial charge in [0, 0.05) is 29.1 Å². The molecule has 3 aromatic rings.